The second-order valence-corrected chi connectivity index (χ2v) is 6.25. The maximum Gasteiger partial charge on any atom is 0.0912 e. The molecule has 4 nitrogen and oxygen atoms in total. The summed E-state index contributed by atoms with van der Waals surface area (Å²) in [7, 11) is 2.16. The van der Waals surface area contributed by atoms with E-state index in [4.69, 9.17) is 4.74 Å². The molecule has 0 saturated carbocycles. The Balaban J connectivity index is 2.10. The number of hydrogen-bond donors (Lipinski definition) is 1. The lowest BCUT2D eigenvalue weighted by Gasteiger charge is -2.38. The number of rotatable bonds is 4. The van der Waals surface area contributed by atoms with E-state index in [1.165, 1.54) is 0 Å². The summed E-state index contributed by atoms with van der Waals surface area (Å²) >= 11 is 1.71. The third-order valence-electron chi connectivity index (χ3n) is 3.27. The number of thiazole rings is 1. The number of aryl methyl sites for hydroxylation is 1. The highest BCUT2D eigenvalue weighted by Crippen LogP contribution is 2.28. The van der Waals surface area contributed by atoms with Gasteiger partial charge in [-0.3, -0.25) is 4.90 Å². The highest BCUT2D eigenvalue weighted by Gasteiger charge is 2.32. The van der Waals surface area contributed by atoms with Crippen LogP contribution >= 0.6 is 11.3 Å². The van der Waals surface area contributed by atoms with Crippen LogP contribution < -0.4 is 5.32 Å². The first-order valence-electron chi connectivity index (χ1n) is 6.55. The average Bonchev–Trinajstić information content (AvgIpc) is 2.72. The molecule has 1 aliphatic rings. The first-order valence-corrected chi connectivity index (χ1v) is 7.43. The monoisotopic (exact) mass is 269 g/mol. The molecule has 0 aromatic carbocycles. The lowest BCUT2D eigenvalue weighted by molar-refractivity contribution is -0.0631. The van der Waals surface area contributed by atoms with Crippen molar-refractivity contribution < 1.29 is 4.74 Å². The Hall–Kier alpha value is -0.490. The maximum atomic E-state index is 5.94. The van der Waals surface area contributed by atoms with Crippen LogP contribution in [0.15, 0.2) is 5.38 Å². The van der Waals surface area contributed by atoms with E-state index >= 15 is 0 Å². The Morgan fingerprint density at radius 3 is 3.00 bits per heavy atom. The van der Waals surface area contributed by atoms with Gasteiger partial charge in [-0.15, -0.1) is 11.3 Å². The molecule has 18 heavy (non-hydrogen) atoms. The Bertz CT molecular complexity index is 380. The molecule has 0 bridgehead atoms. The highest BCUT2D eigenvalue weighted by molar-refractivity contribution is 7.09. The van der Waals surface area contributed by atoms with E-state index in [0.717, 1.165) is 30.4 Å². The molecular formula is C13H23N3OS. The molecule has 1 saturated heterocycles. The van der Waals surface area contributed by atoms with Gasteiger partial charge in [-0.1, -0.05) is 13.8 Å². The molecule has 0 radical (unpaired) electrons. The van der Waals surface area contributed by atoms with Crippen LogP contribution in [-0.4, -0.2) is 48.8 Å². The quantitative estimate of drug-likeness (QED) is 0.905. The zero-order valence-electron chi connectivity index (χ0n) is 11.6. The zero-order chi connectivity index (χ0) is 13.1. The molecule has 2 atom stereocenters. The summed E-state index contributed by atoms with van der Waals surface area (Å²) < 4.78 is 5.94. The van der Waals surface area contributed by atoms with Crippen LogP contribution in [-0.2, 0) is 4.74 Å². The predicted molar refractivity (Wildman–Crippen MR) is 75.1 cm³/mol. The average molecular weight is 269 g/mol. The predicted octanol–water partition coefficient (Wildman–Crippen LogP) is 1.82. The van der Waals surface area contributed by atoms with Crippen molar-refractivity contribution in [2.24, 2.45) is 0 Å². The van der Waals surface area contributed by atoms with E-state index in [1.807, 2.05) is 0 Å². The summed E-state index contributed by atoms with van der Waals surface area (Å²) in [5.41, 5.74) is 1.15. The molecular weight excluding hydrogens is 246 g/mol. The molecule has 0 amide bonds. The number of likely N-dealkylation sites (N-methyl/N-ethyl adjacent to an activating group) is 1. The molecule has 2 heterocycles. The summed E-state index contributed by atoms with van der Waals surface area (Å²) in [6.07, 6.45) is 0.188. The van der Waals surface area contributed by atoms with E-state index in [1.54, 1.807) is 11.3 Å². The fourth-order valence-electron chi connectivity index (χ4n) is 2.32. The van der Waals surface area contributed by atoms with Crippen molar-refractivity contribution in [3.8, 4) is 0 Å². The summed E-state index contributed by atoms with van der Waals surface area (Å²) in [6, 6.07) is 0.758. The second kappa shape index (κ2) is 6.10. The molecule has 1 fully saturated rings. The van der Waals surface area contributed by atoms with Gasteiger partial charge in [0.05, 0.1) is 29.5 Å². The van der Waals surface area contributed by atoms with Crippen molar-refractivity contribution in [2.45, 2.75) is 39.0 Å². The highest BCUT2D eigenvalue weighted by atomic mass is 32.1. The maximum absolute atomic E-state index is 5.94. The lowest BCUT2D eigenvalue weighted by atomic mass is 10.0. The molecule has 102 valence electrons. The number of nitrogens with one attached hydrogen (secondary N) is 1. The minimum absolute atomic E-state index is 0.188. The number of hydrogen-bond acceptors (Lipinski definition) is 5. The molecule has 0 aliphatic carbocycles. The van der Waals surface area contributed by atoms with E-state index in [2.05, 4.69) is 48.4 Å². The van der Waals surface area contributed by atoms with Gasteiger partial charge in [-0.2, -0.15) is 0 Å². The zero-order valence-corrected chi connectivity index (χ0v) is 12.5. The van der Waals surface area contributed by atoms with E-state index in [-0.39, 0.29) is 12.1 Å². The molecule has 1 aromatic heterocycles. The van der Waals surface area contributed by atoms with Gasteiger partial charge in [0.15, 0.2) is 0 Å². The van der Waals surface area contributed by atoms with Crippen LogP contribution in [0.2, 0.25) is 0 Å². The van der Waals surface area contributed by atoms with Gasteiger partial charge in [0.2, 0.25) is 0 Å². The topological polar surface area (TPSA) is 37.4 Å². The smallest absolute Gasteiger partial charge is 0.0912 e. The van der Waals surface area contributed by atoms with E-state index in [0.29, 0.717) is 6.04 Å². The van der Waals surface area contributed by atoms with Crippen LogP contribution in [0.1, 0.15) is 30.6 Å². The van der Waals surface area contributed by atoms with Crippen LogP contribution in [0.5, 0.6) is 0 Å². The van der Waals surface area contributed by atoms with E-state index in [9.17, 15) is 0 Å². The first-order chi connectivity index (χ1) is 8.58. The van der Waals surface area contributed by atoms with Gasteiger partial charge in [-0.05, 0) is 14.0 Å². The fraction of sp³-hybridized carbons (Fsp3) is 0.769. The summed E-state index contributed by atoms with van der Waals surface area (Å²) in [5.74, 6) is 0. The molecule has 1 aromatic rings. The normalized spacial score (nSPS) is 25.8. The minimum atomic E-state index is 0.188. The van der Waals surface area contributed by atoms with Gasteiger partial charge in [0, 0.05) is 24.5 Å². The lowest BCUT2D eigenvalue weighted by Crippen LogP contribution is -2.48. The van der Waals surface area contributed by atoms with Gasteiger partial charge in [0.25, 0.3) is 0 Å². The summed E-state index contributed by atoms with van der Waals surface area (Å²) in [6.45, 7) is 9.03. The summed E-state index contributed by atoms with van der Waals surface area (Å²) in [4.78, 5) is 6.98. The third-order valence-corrected chi connectivity index (χ3v) is 4.06. The van der Waals surface area contributed by atoms with Gasteiger partial charge < -0.3 is 10.1 Å². The van der Waals surface area contributed by atoms with E-state index < -0.39 is 0 Å². The largest absolute Gasteiger partial charge is 0.374 e. The molecule has 2 unspecified atom stereocenters. The van der Waals surface area contributed by atoms with Crippen molar-refractivity contribution >= 4 is 11.3 Å². The van der Waals surface area contributed by atoms with Crippen molar-refractivity contribution in [1.82, 2.24) is 15.2 Å². The first kappa shape index (κ1) is 13.9. The Morgan fingerprint density at radius 2 is 2.39 bits per heavy atom. The molecule has 0 spiro atoms. The second-order valence-electron chi connectivity index (χ2n) is 5.19. The van der Waals surface area contributed by atoms with Crippen molar-refractivity contribution in [1.29, 1.82) is 0 Å². The van der Waals surface area contributed by atoms with Gasteiger partial charge >= 0.3 is 0 Å². The number of nitrogens with zero attached hydrogens (tertiary/aromatic N) is 2. The Morgan fingerprint density at radius 1 is 1.61 bits per heavy atom. The fourth-order valence-corrected chi connectivity index (χ4v) is 2.96. The van der Waals surface area contributed by atoms with Crippen LogP contribution in [0.4, 0.5) is 0 Å². The van der Waals surface area contributed by atoms with Crippen LogP contribution in [0.25, 0.3) is 0 Å². The van der Waals surface area contributed by atoms with Crippen molar-refractivity contribution in [3.63, 3.8) is 0 Å². The number of morpholine rings is 1. The molecule has 1 N–H and O–H groups in total. The van der Waals surface area contributed by atoms with Crippen molar-refractivity contribution in [3.05, 3.63) is 16.1 Å². The third kappa shape index (κ3) is 3.29. The van der Waals surface area contributed by atoms with Crippen LogP contribution in [0, 0.1) is 6.92 Å². The minimum Gasteiger partial charge on any atom is -0.374 e. The number of ether oxygens (including phenoxy) is 1. The van der Waals surface area contributed by atoms with Gasteiger partial charge in [-0.25, -0.2) is 4.98 Å². The Labute approximate surface area is 113 Å². The van der Waals surface area contributed by atoms with Crippen LogP contribution in [0.3, 0.4) is 0 Å². The standard InChI is InChI=1S/C13H23N3OS/c1-9(2)14-7-12-13(16(4)5-6-17-12)11-8-18-10(3)15-11/h8-9,12-14H,5-7H2,1-4H3. The number of aromatic nitrogens is 1. The molecule has 5 heteroatoms. The Kier molecular flexibility index (Phi) is 4.72. The molecule has 2 rings (SSSR count). The van der Waals surface area contributed by atoms with Crippen molar-refractivity contribution in [2.75, 3.05) is 26.7 Å². The van der Waals surface area contributed by atoms with Gasteiger partial charge in [0.1, 0.15) is 0 Å². The molecule has 1 aliphatic heterocycles. The summed E-state index contributed by atoms with van der Waals surface area (Å²) in [5, 5.41) is 6.75. The SMILES string of the molecule is Cc1nc(C2C(CNC(C)C)OCCN2C)cs1.